The van der Waals surface area contributed by atoms with Gasteiger partial charge in [-0.3, -0.25) is 9.59 Å². The van der Waals surface area contributed by atoms with E-state index in [2.05, 4.69) is 5.32 Å². The SMILES string of the molecule is CSCC[C@H](N)C(=O)N1CCNC(=O)C1C. The van der Waals surface area contributed by atoms with Gasteiger partial charge in [0, 0.05) is 13.1 Å². The normalized spacial score (nSPS) is 22.8. The number of carbonyl (C=O) groups excluding carboxylic acids is 2. The fourth-order valence-corrected chi connectivity index (χ4v) is 2.15. The molecule has 1 fully saturated rings. The summed E-state index contributed by atoms with van der Waals surface area (Å²) in [5.74, 6) is 0.648. The molecule has 1 rings (SSSR count). The zero-order chi connectivity index (χ0) is 12.1. The predicted molar refractivity (Wildman–Crippen MR) is 65.2 cm³/mol. The molecule has 5 nitrogen and oxygen atoms in total. The van der Waals surface area contributed by atoms with E-state index in [1.165, 1.54) is 0 Å². The summed E-state index contributed by atoms with van der Waals surface area (Å²) in [6.07, 6.45) is 2.64. The number of piperazine rings is 1. The topological polar surface area (TPSA) is 75.4 Å². The summed E-state index contributed by atoms with van der Waals surface area (Å²) in [7, 11) is 0. The first-order valence-electron chi connectivity index (χ1n) is 5.40. The molecule has 0 aromatic heterocycles. The van der Waals surface area contributed by atoms with Crippen molar-refractivity contribution >= 4 is 23.6 Å². The molecule has 0 aliphatic carbocycles. The average Bonchev–Trinajstić information content (AvgIpc) is 2.28. The highest BCUT2D eigenvalue weighted by Crippen LogP contribution is 2.08. The second-order valence-corrected chi connectivity index (χ2v) is 4.87. The molecule has 0 aromatic rings. The smallest absolute Gasteiger partial charge is 0.242 e. The van der Waals surface area contributed by atoms with Crippen LogP contribution >= 0.6 is 11.8 Å². The molecule has 6 heteroatoms. The van der Waals surface area contributed by atoms with E-state index in [4.69, 9.17) is 5.73 Å². The van der Waals surface area contributed by atoms with Crippen LogP contribution in [-0.2, 0) is 9.59 Å². The number of carbonyl (C=O) groups is 2. The van der Waals surface area contributed by atoms with Crippen molar-refractivity contribution < 1.29 is 9.59 Å². The molecule has 0 saturated carbocycles. The Balaban J connectivity index is 2.54. The van der Waals surface area contributed by atoms with Gasteiger partial charge in [-0.1, -0.05) is 0 Å². The molecule has 16 heavy (non-hydrogen) atoms. The minimum Gasteiger partial charge on any atom is -0.353 e. The van der Waals surface area contributed by atoms with Gasteiger partial charge in [-0.15, -0.1) is 0 Å². The Morgan fingerprint density at radius 2 is 2.44 bits per heavy atom. The van der Waals surface area contributed by atoms with Crippen molar-refractivity contribution in [2.24, 2.45) is 5.73 Å². The van der Waals surface area contributed by atoms with E-state index in [1.54, 1.807) is 23.6 Å². The van der Waals surface area contributed by atoms with Gasteiger partial charge in [0.05, 0.1) is 6.04 Å². The lowest BCUT2D eigenvalue weighted by Gasteiger charge is -2.34. The average molecular weight is 245 g/mol. The monoisotopic (exact) mass is 245 g/mol. The van der Waals surface area contributed by atoms with Gasteiger partial charge >= 0.3 is 0 Å². The number of nitrogens with two attached hydrogens (primary N) is 1. The summed E-state index contributed by atoms with van der Waals surface area (Å²) in [4.78, 5) is 24.9. The lowest BCUT2D eigenvalue weighted by Crippen LogP contribution is -2.59. The Morgan fingerprint density at radius 1 is 1.75 bits per heavy atom. The quantitative estimate of drug-likeness (QED) is 0.694. The van der Waals surface area contributed by atoms with Crippen LogP contribution in [0, 0.1) is 0 Å². The molecule has 1 aliphatic rings. The van der Waals surface area contributed by atoms with Crippen molar-refractivity contribution in [1.29, 1.82) is 0 Å². The van der Waals surface area contributed by atoms with E-state index in [0.29, 0.717) is 19.5 Å². The molecule has 3 N–H and O–H groups in total. The summed E-state index contributed by atoms with van der Waals surface area (Å²) in [6, 6.07) is -0.887. The molecule has 0 bridgehead atoms. The van der Waals surface area contributed by atoms with Crippen LogP contribution in [0.4, 0.5) is 0 Å². The second kappa shape index (κ2) is 6.10. The number of amides is 2. The molecule has 1 aliphatic heterocycles. The van der Waals surface area contributed by atoms with Gasteiger partial charge in [0.2, 0.25) is 11.8 Å². The van der Waals surface area contributed by atoms with Gasteiger partial charge in [0.15, 0.2) is 0 Å². The Morgan fingerprint density at radius 3 is 3.06 bits per heavy atom. The maximum Gasteiger partial charge on any atom is 0.242 e. The van der Waals surface area contributed by atoms with Crippen LogP contribution in [0.2, 0.25) is 0 Å². The maximum atomic E-state index is 12.0. The van der Waals surface area contributed by atoms with Crippen molar-refractivity contribution in [3.05, 3.63) is 0 Å². The van der Waals surface area contributed by atoms with Crippen LogP contribution in [0.5, 0.6) is 0 Å². The van der Waals surface area contributed by atoms with Gasteiger partial charge in [-0.2, -0.15) is 11.8 Å². The first-order chi connectivity index (χ1) is 7.57. The summed E-state index contributed by atoms with van der Waals surface area (Å²) in [5, 5.41) is 2.72. The minimum atomic E-state index is -0.485. The van der Waals surface area contributed by atoms with Crippen LogP contribution in [0.15, 0.2) is 0 Å². The molecular formula is C10H19N3O2S. The Labute approximate surface area is 100 Å². The second-order valence-electron chi connectivity index (χ2n) is 3.89. The fourth-order valence-electron chi connectivity index (χ4n) is 1.66. The van der Waals surface area contributed by atoms with Crippen molar-refractivity contribution in [1.82, 2.24) is 10.2 Å². The third kappa shape index (κ3) is 3.12. The summed E-state index contributed by atoms with van der Waals surface area (Å²) in [5.41, 5.74) is 5.81. The molecular weight excluding hydrogens is 226 g/mol. The molecule has 1 saturated heterocycles. The summed E-state index contributed by atoms with van der Waals surface area (Å²) >= 11 is 1.67. The largest absolute Gasteiger partial charge is 0.353 e. The Bertz CT molecular complexity index is 273. The van der Waals surface area contributed by atoms with E-state index in [0.717, 1.165) is 5.75 Å². The molecule has 0 spiro atoms. The zero-order valence-electron chi connectivity index (χ0n) is 9.73. The zero-order valence-corrected chi connectivity index (χ0v) is 10.5. The Kier molecular flexibility index (Phi) is 5.08. The highest BCUT2D eigenvalue weighted by molar-refractivity contribution is 7.98. The van der Waals surface area contributed by atoms with Gasteiger partial charge in [-0.05, 0) is 25.4 Å². The Hall–Kier alpha value is -0.750. The van der Waals surface area contributed by atoms with E-state index >= 15 is 0 Å². The number of thioether (sulfide) groups is 1. The molecule has 2 atom stereocenters. The molecule has 0 radical (unpaired) electrons. The molecule has 0 aromatic carbocycles. The van der Waals surface area contributed by atoms with Gasteiger partial charge < -0.3 is 16.0 Å². The molecule has 92 valence electrons. The van der Waals surface area contributed by atoms with Crippen molar-refractivity contribution in [3.8, 4) is 0 Å². The molecule has 2 amide bonds. The first-order valence-corrected chi connectivity index (χ1v) is 6.80. The number of rotatable bonds is 4. The van der Waals surface area contributed by atoms with E-state index in [1.807, 2.05) is 6.26 Å². The summed E-state index contributed by atoms with van der Waals surface area (Å²) in [6.45, 7) is 2.80. The van der Waals surface area contributed by atoms with Crippen LogP contribution in [0.1, 0.15) is 13.3 Å². The summed E-state index contributed by atoms with van der Waals surface area (Å²) < 4.78 is 0. The van der Waals surface area contributed by atoms with Crippen LogP contribution in [0.25, 0.3) is 0 Å². The van der Waals surface area contributed by atoms with E-state index < -0.39 is 12.1 Å². The van der Waals surface area contributed by atoms with Gasteiger partial charge in [0.1, 0.15) is 6.04 Å². The van der Waals surface area contributed by atoms with Gasteiger partial charge in [0.25, 0.3) is 0 Å². The number of nitrogens with one attached hydrogen (secondary N) is 1. The highest BCUT2D eigenvalue weighted by atomic mass is 32.2. The van der Waals surface area contributed by atoms with Crippen molar-refractivity contribution in [2.75, 3.05) is 25.1 Å². The standard InChI is InChI=1S/C10H19N3O2S/c1-7-9(14)12-4-5-13(7)10(15)8(11)3-6-16-2/h7-8H,3-6,11H2,1-2H3,(H,12,14)/t7?,8-/m0/s1. The maximum absolute atomic E-state index is 12.0. The molecule has 1 heterocycles. The van der Waals surface area contributed by atoms with Crippen LogP contribution < -0.4 is 11.1 Å². The fraction of sp³-hybridized carbons (Fsp3) is 0.800. The van der Waals surface area contributed by atoms with Crippen LogP contribution in [0.3, 0.4) is 0 Å². The van der Waals surface area contributed by atoms with Gasteiger partial charge in [-0.25, -0.2) is 0 Å². The van der Waals surface area contributed by atoms with E-state index in [9.17, 15) is 9.59 Å². The molecule has 1 unspecified atom stereocenters. The minimum absolute atomic E-state index is 0.100. The van der Waals surface area contributed by atoms with Crippen LogP contribution in [-0.4, -0.2) is 53.9 Å². The third-order valence-corrected chi connectivity index (χ3v) is 3.38. The lowest BCUT2D eigenvalue weighted by atomic mass is 10.1. The predicted octanol–water partition coefficient (Wildman–Crippen LogP) is -0.586. The van der Waals surface area contributed by atoms with E-state index in [-0.39, 0.29) is 11.8 Å². The lowest BCUT2D eigenvalue weighted by molar-refractivity contribution is -0.143. The number of nitrogens with zero attached hydrogens (tertiary/aromatic N) is 1. The highest BCUT2D eigenvalue weighted by Gasteiger charge is 2.31. The van der Waals surface area contributed by atoms with Crippen molar-refractivity contribution in [3.63, 3.8) is 0 Å². The first kappa shape index (κ1) is 13.3. The van der Waals surface area contributed by atoms with Crippen molar-refractivity contribution in [2.45, 2.75) is 25.4 Å². The number of hydrogen-bond donors (Lipinski definition) is 2. The third-order valence-electron chi connectivity index (χ3n) is 2.73. The number of hydrogen-bond acceptors (Lipinski definition) is 4.